The molecular formula is C15H20ClN3. The molecule has 0 saturated carbocycles. The van der Waals surface area contributed by atoms with Crippen LogP contribution in [0.3, 0.4) is 0 Å². The summed E-state index contributed by atoms with van der Waals surface area (Å²) in [7, 11) is 0. The lowest BCUT2D eigenvalue weighted by atomic mass is 10.2. The number of nitrogens with one attached hydrogen (secondary N) is 1. The third-order valence-corrected chi connectivity index (χ3v) is 3.34. The fourth-order valence-electron chi connectivity index (χ4n) is 2.08. The molecule has 0 radical (unpaired) electrons. The quantitative estimate of drug-likeness (QED) is 0.820. The number of imidazole rings is 1. The normalized spacial score (nSPS) is 10.9. The third kappa shape index (κ3) is 3.82. The molecule has 1 aromatic heterocycles. The van der Waals surface area contributed by atoms with Crippen LogP contribution in [0.1, 0.15) is 30.4 Å². The summed E-state index contributed by atoms with van der Waals surface area (Å²) in [6.45, 7) is 6.90. The first kappa shape index (κ1) is 14.1. The fourth-order valence-corrected chi connectivity index (χ4v) is 2.30. The van der Waals surface area contributed by atoms with E-state index < -0.39 is 0 Å². The topological polar surface area (TPSA) is 29.9 Å². The zero-order valence-electron chi connectivity index (χ0n) is 11.5. The molecule has 0 spiro atoms. The zero-order chi connectivity index (χ0) is 13.7. The molecular weight excluding hydrogens is 258 g/mol. The maximum absolute atomic E-state index is 6.03. The van der Waals surface area contributed by atoms with E-state index in [1.165, 1.54) is 11.3 Å². The van der Waals surface area contributed by atoms with Gasteiger partial charge in [-0.25, -0.2) is 4.98 Å². The number of rotatable bonds is 6. The summed E-state index contributed by atoms with van der Waals surface area (Å²) >= 11 is 6.03. The Labute approximate surface area is 119 Å². The molecule has 1 N–H and O–H groups in total. The van der Waals surface area contributed by atoms with Crippen molar-refractivity contribution in [3.8, 4) is 0 Å². The van der Waals surface area contributed by atoms with Gasteiger partial charge in [0.2, 0.25) is 0 Å². The number of benzene rings is 1. The number of halogens is 1. The molecule has 2 rings (SSSR count). The van der Waals surface area contributed by atoms with E-state index in [0.717, 1.165) is 36.9 Å². The van der Waals surface area contributed by atoms with Crippen molar-refractivity contribution < 1.29 is 0 Å². The largest absolute Gasteiger partial charge is 0.327 e. The predicted molar refractivity (Wildman–Crippen MR) is 79.5 cm³/mol. The first-order valence-corrected chi connectivity index (χ1v) is 7.04. The average molecular weight is 278 g/mol. The minimum Gasteiger partial charge on any atom is -0.327 e. The molecule has 0 aliphatic heterocycles. The van der Waals surface area contributed by atoms with Crippen molar-refractivity contribution in [1.82, 2.24) is 14.9 Å². The SMILES string of the molecule is CCCNCc1cnc(C)n1Cc1cccc(Cl)c1. The highest BCUT2D eigenvalue weighted by Gasteiger charge is 2.07. The highest BCUT2D eigenvalue weighted by molar-refractivity contribution is 6.30. The summed E-state index contributed by atoms with van der Waals surface area (Å²) in [5.41, 5.74) is 2.41. The van der Waals surface area contributed by atoms with Gasteiger partial charge in [0.25, 0.3) is 0 Å². The summed E-state index contributed by atoms with van der Waals surface area (Å²) in [4.78, 5) is 4.40. The van der Waals surface area contributed by atoms with Crippen molar-refractivity contribution in [2.24, 2.45) is 0 Å². The maximum atomic E-state index is 6.03. The number of hydrogen-bond donors (Lipinski definition) is 1. The van der Waals surface area contributed by atoms with Crippen LogP contribution in [0.2, 0.25) is 5.02 Å². The van der Waals surface area contributed by atoms with Gasteiger partial charge in [-0.05, 0) is 37.6 Å². The van der Waals surface area contributed by atoms with Gasteiger partial charge in [0.05, 0.1) is 5.69 Å². The molecule has 19 heavy (non-hydrogen) atoms. The van der Waals surface area contributed by atoms with E-state index in [4.69, 9.17) is 11.6 Å². The van der Waals surface area contributed by atoms with Crippen LogP contribution in [0.4, 0.5) is 0 Å². The van der Waals surface area contributed by atoms with Gasteiger partial charge in [0.15, 0.2) is 0 Å². The Morgan fingerprint density at radius 3 is 2.95 bits per heavy atom. The first-order valence-electron chi connectivity index (χ1n) is 6.67. The van der Waals surface area contributed by atoms with Crippen LogP contribution in [0.5, 0.6) is 0 Å². The summed E-state index contributed by atoms with van der Waals surface area (Å²) in [5.74, 6) is 1.04. The van der Waals surface area contributed by atoms with Crippen LogP contribution >= 0.6 is 11.6 Å². The molecule has 1 aromatic carbocycles. The molecule has 0 amide bonds. The molecule has 0 atom stereocenters. The predicted octanol–water partition coefficient (Wildman–Crippen LogP) is 3.39. The minimum atomic E-state index is 0.779. The molecule has 1 heterocycles. The standard InChI is InChI=1S/C15H20ClN3/c1-3-7-17-9-15-10-18-12(2)19(15)11-13-5-4-6-14(16)8-13/h4-6,8,10,17H,3,7,9,11H2,1-2H3. The van der Waals surface area contributed by atoms with Gasteiger partial charge in [-0.2, -0.15) is 0 Å². The Balaban J connectivity index is 2.12. The smallest absolute Gasteiger partial charge is 0.106 e. The summed E-state index contributed by atoms with van der Waals surface area (Å²) in [6, 6.07) is 7.98. The number of hydrogen-bond acceptors (Lipinski definition) is 2. The van der Waals surface area contributed by atoms with E-state index in [0.29, 0.717) is 0 Å². The molecule has 0 saturated heterocycles. The molecule has 3 nitrogen and oxygen atoms in total. The van der Waals surface area contributed by atoms with Gasteiger partial charge in [-0.1, -0.05) is 30.7 Å². The van der Waals surface area contributed by atoms with Crippen LogP contribution in [0, 0.1) is 6.92 Å². The minimum absolute atomic E-state index is 0.779. The van der Waals surface area contributed by atoms with Crippen LogP contribution in [-0.4, -0.2) is 16.1 Å². The van der Waals surface area contributed by atoms with E-state index >= 15 is 0 Å². The Morgan fingerprint density at radius 1 is 1.37 bits per heavy atom. The maximum Gasteiger partial charge on any atom is 0.106 e. The summed E-state index contributed by atoms with van der Waals surface area (Å²) in [5, 5.41) is 4.19. The molecule has 0 aliphatic carbocycles. The zero-order valence-corrected chi connectivity index (χ0v) is 12.2. The van der Waals surface area contributed by atoms with Crippen LogP contribution in [0.25, 0.3) is 0 Å². The van der Waals surface area contributed by atoms with Gasteiger partial charge >= 0.3 is 0 Å². The van der Waals surface area contributed by atoms with E-state index in [-0.39, 0.29) is 0 Å². The van der Waals surface area contributed by atoms with Crippen molar-refractivity contribution in [1.29, 1.82) is 0 Å². The molecule has 0 bridgehead atoms. The van der Waals surface area contributed by atoms with Crippen molar-refractivity contribution in [2.75, 3.05) is 6.54 Å². The number of aryl methyl sites for hydroxylation is 1. The Kier molecular flexibility index (Phi) is 5.00. The van der Waals surface area contributed by atoms with Gasteiger partial charge in [0.1, 0.15) is 5.82 Å². The van der Waals surface area contributed by atoms with Crippen molar-refractivity contribution >= 4 is 11.6 Å². The second kappa shape index (κ2) is 6.73. The van der Waals surface area contributed by atoms with Crippen molar-refractivity contribution in [2.45, 2.75) is 33.4 Å². The van der Waals surface area contributed by atoms with Crippen molar-refractivity contribution in [3.63, 3.8) is 0 Å². The van der Waals surface area contributed by atoms with Crippen LogP contribution < -0.4 is 5.32 Å². The van der Waals surface area contributed by atoms with Gasteiger partial charge in [0, 0.05) is 24.3 Å². The molecule has 0 fully saturated rings. The Hall–Kier alpha value is -1.32. The number of nitrogens with zero attached hydrogens (tertiary/aromatic N) is 2. The second-order valence-corrected chi connectivity index (χ2v) is 5.13. The lowest BCUT2D eigenvalue weighted by Crippen LogP contribution is -2.17. The Bertz CT molecular complexity index is 534. The third-order valence-electron chi connectivity index (χ3n) is 3.10. The van der Waals surface area contributed by atoms with Gasteiger partial charge < -0.3 is 9.88 Å². The van der Waals surface area contributed by atoms with E-state index in [1.54, 1.807) is 0 Å². The van der Waals surface area contributed by atoms with E-state index in [1.807, 2.05) is 31.3 Å². The molecule has 2 aromatic rings. The molecule has 0 unspecified atom stereocenters. The lowest BCUT2D eigenvalue weighted by molar-refractivity contribution is 0.623. The summed E-state index contributed by atoms with van der Waals surface area (Å²) in [6.07, 6.45) is 3.09. The second-order valence-electron chi connectivity index (χ2n) is 4.69. The monoisotopic (exact) mass is 277 g/mol. The van der Waals surface area contributed by atoms with E-state index in [2.05, 4.69) is 27.9 Å². The van der Waals surface area contributed by atoms with Crippen molar-refractivity contribution in [3.05, 3.63) is 52.6 Å². The molecule has 102 valence electrons. The van der Waals surface area contributed by atoms with Crippen LogP contribution in [-0.2, 0) is 13.1 Å². The van der Waals surface area contributed by atoms with Gasteiger partial charge in [-0.15, -0.1) is 0 Å². The lowest BCUT2D eigenvalue weighted by Gasteiger charge is -2.11. The Morgan fingerprint density at radius 2 is 2.21 bits per heavy atom. The molecule has 4 heteroatoms. The van der Waals surface area contributed by atoms with Gasteiger partial charge in [-0.3, -0.25) is 0 Å². The first-order chi connectivity index (χ1) is 9.20. The fraction of sp³-hybridized carbons (Fsp3) is 0.400. The molecule has 0 aliphatic rings. The highest BCUT2D eigenvalue weighted by Crippen LogP contribution is 2.14. The highest BCUT2D eigenvalue weighted by atomic mass is 35.5. The number of aromatic nitrogens is 2. The van der Waals surface area contributed by atoms with E-state index in [9.17, 15) is 0 Å². The average Bonchev–Trinajstić information content (AvgIpc) is 2.72. The summed E-state index contributed by atoms with van der Waals surface area (Å²) < 4.78 is 2.23. The van der Waals surface area contributed by atoms with Crippen LogP contribution in [0.15, 0.2) is 30.5 Å².